The highest BCUT2D eigenvalue weighted by molar-refractivity contribution is 5.33. The summed E-state index contributed by atoms with van der Waals surface area (Å²) in [6, 6.07) is 0. The summed E-state index contributed by atoms with van der Waals surface area (Å²) in [5.74, 6) is 0.798. The van der Waals surface area contributed by atoms with E-state index in [9.17, 15) is 5.11 Å². The minimum atomic E-state index is -0.448. The highest BCUT2D eigenvalue weighted by Gasteiger charge is 2.32. The maximum absolute atomic E-state index is 9.61. The molecule has 1 aromatic rings. The summed E-state index contributed by atoms with van der Waals surface area (Å²) in [6.45, 7) is 1.25. The smallest absolute Gasteiger partial charge is 0.205 e. The number of anilines is 1. The van der Waals surface area contributed by atoms with E-state index in [1.807, 2.05) is 22.7 Å². The molecule has 1 aliphatic heterocycles. The van der Waals surface area contributed by atoms with Gasteiger partial charge < -0.3 is 19.7 Å². The van der Waals surface area contributed by atoms with Crippen LogP contribution in [0.25, 0.3) is 0 Å². The quantitative estimate of drug-likeness (QED) is 0.652. The molecule has 0 spiro atoms. The van der Waals surface area contributed by atoms with Crippen LogP contribution >= 0.6 is 0 Å². The van der Waals surface area contributed by atoms with Crippen LogP contribution in [-0.4, -0.2) is 45.6 Å². The third-order valence-corrected chi connectivity index (χ3v) is 2.72. The monoisotopic (exact) mass is 197 g/mol. The van der Waals surface area contributed by atoms with Gasteiger partial charge in [-0.1, -0.05) is 0 Å². The van der Waals surface area contributed by atoms with E-state index >= 15 is 0 Å². The molecule has 5 heteroatoms. The topological polar surface area (TPSA) is 61.5 Å². The predicted molar refractivity (Wildman–Crippen MR) is 52.0 cm³/mol. The van der Waals surface area contributed by atoms with E-state index in [1.165, 1.54) is 0 Å². The summed E-state index contributed by atoms with van der Waals surface area (Å²) < 4.78 is 1.91. The van der Waals surface area contributed by atoms with Crippen molar-refractivity contribution in [1.29, 1.82) is 0 Å². The maximum Gasteiger partial charge on any atom is 0.205 e. The summed E-state index contributed by atoms with van der Waals surface area (Å²) in [4.78, 5) is 6.19. The van der Waals surface area contributed by atoms with Gasteiger partial charge in [0.05, 0.1) is 12.7 Å². The van der Waals surface area contributed by atoms with Gasteiger partial charge in [-0.15, -0.1) is 0 Å². The van der Waals surface area contributed by atoms with Gasteiger partial charge in [0.15, 0.2) is 0 Å². The van der Waals surface area contributed by atoms with Crippen LogP contribution in [0.4, 0.5) is 5.95 Å². The van der Waals surface area contributed by atoms with E-state index in [4.69, 9.17) is 5.11 Å². The fourth-order valence-corrected chi connectivity index (χ4v) is 1.86. The Labute approximate surface area is 82.6 Å². The zero-order valence-corrected chi connectivity index (χ0v) is 8.17. The van der Waals surface area contributed by atoms with Gasteiger partial charge in [-0.2, -0.15) is 0 Å². The van der Waals surface area contributed by atoms with Crippen molar-refractivity contribution in [3.05, 3.63) is 12.4 Å². The SMILES string of the molecule is Cn1ccnc1N1CC(O)C(CO)C1. The minimum Gasteiger partial charge on any atom is -0.396 e. The Morgan fingerprint density at radius 2 is 2.36 bits per heavy atom. The van der Waals surface area contributed by atoms with Crippen molar-refractivity contribution in [3.63, 3.8) is 0 Å². The molecule has 0 radical (unpaired) electrons. The average molecular weight is 197 g/mol. The summed E-state index contributed by atoms with van der Waals surface area (Å²) in [6.07, 6.45) is 3.15. The van der Waals surface area contributed by atoms with E-state index in [-0.39, 0.29) is 12.5 Å². The van der Waals surface area contributed by atoms with Gasteiger partial charge in [0.25, 0.3) is 0 Å². The summed E-state index contributed by atoms with van der Waals surface area (Å²) in [7, 11) is 1.92. The first kappa shape index (κ1) is 9.48. The normalized spacial score (nSPS) is 27.2. The molecule has 1 aromatic heterocycles. The van der Waals surface area contributed by atoms with Gasteiger partial charge in [-0.05, 0) is 0 Å². The molecule has 2 heterocycles. The minimum absolute atomic E-state index is 0.0299. The Kier molecular flexibility index (Phi) is 2.43. The van der Waals surface area contributed by atoms with Crippen LogP contribution < -0.4 is 4.90 Å². The number of hydrogen-bond acceptors (Lipinski definition) is 4. The van der Waals surface area contributed by atoms with Gasteiger partial charge in [0.2, 0.25) is 5.95 Å². The molecule has 1 saturated heterocycles. The van der Waals surface area contributed by atoms with Crippen molar-refractivity contribution < 1.29 is 10.2 Å². The van der Waals surface area contributed by atoms with E-state index in [2.05, 4.69) is 4.98 Å². The first-order chi connectivity index (χ1) is 6.72. The molecule has 0 saturated carbocycles. The number of hydrogen-bond donors (Lipinski definition) is 2. The number of rotatable bonds is 2. The lowest BCUT2D eigenvalue weighted by molar-refractivity contribution is 0.104. The van der Waals surface area contributed by atoms with Crippen LogP contribution in [0.15, 0.2) is 12.4 Å². The summed E-state index contributed by atoms with van der Waals surface area (Å²) in [5, 5.41) is 18.6. The summed E-state index contributed by atoms with van der Waals surface area (Å²) >= 11 is 0. The zero-order chi connectivity index (χ0) is 10.1. The van der Waals surface area contributed by atoms with Crippen molar-refractivity contribution in [2.45, 2.75) is 6.10 Å². The van der Waals surface area contributed by atoms with Crippen molar-refractivity contribution >= 4 is 5.95 Å². The summed E-state index contributed by atoms with van der Waals surface area (Å²) in [5.41, 5.74) is 0. The molecule has 14 heavy (non-hydrogen) atoms. The number of aliphatic hydroxyl groups is 2. The molecule has 0 aliphatic carbocycles. The first-order valence-electron chi connectivity index (χ1n) is 4.73. The van der Waals surface area contributed by atoms with Crippen molar-refractivity contribution in [1.82, 2.24) is 9.55 Å². The highest BCUT2D eigenvalue weighted by Crippen LogP contribution is 2.21. The van der Waals surface area contributed by atoms with Crippen LogP contribution in [0.2, 0.25) is 0 Å². The second kappa shape index (κ2) is 3.59. The number of aromatic nitrogens is 2. The third kappa shape index (κ3) is 1.49. The van der Waals surface area contributed by atoms with Crippen LogP contribution in [0, 0.1) is 5.92 Å². The molecule has 2 unspecified atom stereocenters. The van der Waals surface area contributed by atoms with Gasteiger partial charge in [0.1, 0.15) is 0 Å². The number of imidazole rings is 1. The average Bonchev–Trinajstić information content (AvgIpc) is 2.71. The maximum atomic E-state index is 9.61. The molecule has 2 N–H and O–H groups in total. The molecular weight excluding hydrogens is 182 g/mol. The van der Waals surface area contributed by atoms with Crippen molar-refractivity contribution in [2.75, 3.05) is 24.6 Å². The van der Waals surface area contributed by atoms with Crippen LogP contribution in [0.5, 0.6) is 0 Å². The molecule has 78 valence electrons. The Morgan fingerprint density at radius 3 is 2.86 bits per heavy atom. The number of β-amino-alcohol motifs (C(OH)–C–C–N with tert-alkyl or cyclic N) is 1. The predicted octanol–water partition coefficient (Wildman–Crippen LogP) is -0.790. The molecular formula is C9H15N3O2. The van der Waals surface area contributed by atoms with Crippen molar-refractivity contribution in [2.24, 2.45) is 13.0 Å². The third-order valence-electron chi connectivity index (χ3n) is 2.72. The van der Waals surface area contributed by atoms with Gasteiger partial charge in [-0.25, -0.2) is 4.98 Å². The molecule has 1 fully saturated rings. The first-order valence-corrected chi connectivity index (χ1v) is 4.73. The molecule has 0 bridgehead atoms. The lowest BCUT2D eigenvalue weighted by Gasteiger charge is -2.16. The Hall–Kier alpha value is -1.07. The fraction of sp³-hybridized carbons (Fsp3) is 0.667. The molecule has 2 atom stereocenters. The molecule has 1 aliphatic rings. The van der Waals surface area contributed by atoms with E-state index in [1.54, 1.807) is 6.20 Å². The van der Waals surface area contributed by atoms with Gasteiger partial charge in [-0.3, -0.25) is 0 Å². The highest BCUT2D eigenvalue weighted by atomic mass is 16.3. The largest absolute Gasteiger partial charge is 0.396 e. The number of aryl methyl sites for hydroxylation is 1. The van der Waals surface area contributed by atoms with E-state index in [0.717, 1.165) is 5.95 Å². The molecule has 0 amide bonds. The standard InChI is InChI=1S/C9H15N3O2/c1-11-3-2-10-9(11)12-4-7(6-13)8(14)5-12/h2-3,7-8,13-14H,4-6H2,1H3. The van der Waals surface area contributed by atoms with Gasteiger partial charge >= 0.3 is 0 Å². The van der Waals surface area contributed by atoms with Crippen LogP contribution in [-0.2, 0) is 7.05 Å². The zero-order valence-electron chi connectivity index (χ0n) is 8.17. The molecule has 2 rings (SSSR count). The second-order valence-electron chi connectivity index (χ2n) is 3.75. The Morgan fingerprint density at radius 1 is 1.57 bits per heavy atom. The van der Waals surface area contributed by atoms with Crippen molar-refractivity contribution in [3.8, 4) is 0 Å². The van der Waals surface area contributed by atoms with Crippen LogP contribution in [0.1, 0.15) is 0 Å². The number of aliphatic hydroxyl groups excluding tert-OH is 2. The Balaban J connectivity index is 2.12. The van der Waals surface area contributed by atoms with Crippen LogP contribution in [0.3, 0.4) is 0 Å². The Bertz CT molecular complexity index is 313. The number of nitrogens with zero attached hydrogens (tertiary/aromatic N) is 3. The lowest BCUT2D eigenvalue weighted by Crippen LogP contribution is -2.23. The van der Waals surface area contributed by atoms with Gasteiger partial charge in [0, 0.05) is 38.4 Å². The van der Waals surface area contributed by atoms with E-state index < -0.39 is 6.10 Å². The molecule has 5 nitrogen and oxygen atoms in total. The second-order valence-corrected chi connectivity index (χ2v) is 3.75. The lowest BCUT2D eigenvalue weighted by atomic mass is 10.1. The molecule has 0 aromatic carbocycles. The fourth-order valence-electron chi connectivity index (χ4n) is 1.86. The van der Waals surface area contributed by atoms with E-state index in [0.29, 0.717) is 13.1 Å².